The third-order valence-corrected chi connectivity index (χ3v) is 8.13. The van der Waals surface area contributed by atoms with Crippen molar-refractivity contribution in [3.63, 3.8) is 0 Å². The van der Waals surface area contributed by atoms with Crippen LogP contribution < -0.4 is 20.7 Å². The second kappa shape index (κ2) is 14.2. The van der Waals surface area contributed by atoms with Crippen LogP contribution in [0.1, 0.15) is 21.0 Å². The van der Waals surface area contributed by atoms with Crippen molar-refractivity contribution in [2.24, 2.45) is 12.0 Å². The minimum absolute atomic E-state index is 0.0236. The predicted octanol–water partition coefficient (Wildman–Crippen LogP) is 2.15. The molecule has 2 atom stereocenters. The highest BCUT2D eigenvalue weighted by Crippen LogP contribution is 2.30. The fourth-order valence-electron chi connectivity index (χ4n) is 5.21. The van der Waals surface area contributed by atoms with Gasteiger partial charge in [-0.3, -0.25) is 14.6 Å². The number of piperazine rings is 1. The van der Waals surface area contributed by atoms with E-state index < -0.39 is 23.6 Å². The number of aromatic nitrogens is 2. The molecule has 4 amide bonds. The van der Waals surface area contributed by atoms with Crippen molar-refractivity contribution < 1.29 is 33.0 Å². The van der Waals surface area contributed by atoms with E-state index in [0.29, 0.717) is 39.3 Å². The van der Waals surface area contributed by atoms with Gasteiger partial charge in [0.2, 0.25) is 5.82 Å². The molecule has 0 radical (unpaired) electrons. The Bertz CT molecular complexity index is 1660. The van der Waals surface area contributed by atoms with E-state index in [9.17, 15) is 28.3 Å². The first-order valence-electron chi connectivity index (χ1n) is 14.5. The van der Waals surface area contributed by atoms with Crippen molar-refractivity contribution in [1.82, 2.24) is 30.0 Å². The topological polar surface area (TPSA) is 153 Å². The molecule has 2 aliphatic rings. The normalized spacial score (nSPS) is 18.2. The molecular formula is C30H33ClF2N8O5. The van der Waals surface area contributed by atoms with E-state index in [1.807, 2.05) is 0 Å². The van der Waals surface area contributed by atoms with Crippen LogP contribution in [-0.4, -0.2) is 114 Å². The third-order valence-electron chi connectivity index (χ3n) is 7.81. The number of hydrogen-bond donors (Lipinski definition) is 4. The van der Waals surface area contributed by atoms with Crippen molar-refractivity contribution in [3.8, 4) is 17.0 Å². The van der Waals surface area contributed by atoms with Crippen LogP contribution in [0.5, 0.6) is 5.75 Å². The molecule has 16 heteroatoms. The summed E-state index contributed by atoms with van der Waals surface area (Å²) >= 11 is 6.44. The lowest BCUT2D eigenvalue weighted by molar-refractivity contribution is 0.0660. The summed E-state index contributed by atoms with van der Waals surface area (Å²) in [6.07, 6.45) is 2.02. The van der Waals surface area contributed by atoms with Gasteiger partial charge in [-0.25, -0.2) is 14.2 Å². The van der Waals surface area contributed by atoms with Crippen LogP contribution >= 0.6 is 11.6 Å². The number of carbonyl (C=O) groups excluding carboxylic acids is 3. The molecule has 1 aromatic heterocycles. The average molecular weight is 659 g/mol. The maximum Gasteiger partial charge on any atom is 0.317 e. The minimum Gasteiger partial charge on any atom is -0.485 e. The maximum absolute atomic E-state index is 14.9. The molecule has 0 unspecified atom stereocenters. The molecule has 5 rings (SSSR count). The number of aliphatic imine (C=N–C) groups is 1. The summed E-state index contributed by atoms with van der Waals surface area (Å²) in [5.74, 6) is -3.65. The molecule has 244 valence electrons. The number of β-amino-alcohol motifs (C(OH)–C–C–N with tert-alkyl or cyclic N) is 1. The van der Waals surface area contributed by atoms with Gasteiger partial charge in [0.15, 0.2) is 17.4 Å². The Labute approximate surface area is 268 Å². The van der Waals surface area contributed by atoms with E-state index in [4.69, 9.17) is 16.3 Å². The number of aliphatic hydroxyl groups excluding tert-OH is 1. The number of benzene rings is 2. The first-order chi connectivity index (χ1) is 22.1. The van der Waals surface area contributed by atoms with Crippen molar-refractivity contribution in [1.29, 1.82) is 0 Å². The van der Waals surface area contributed by atoms with Gasteiger partial charge in [0, 0.05) is 70.8 Å². The minimum atomic E-state index is -1.18. The van der Waals surface area contributed by atoms with Gasteiger partial charge in [0.1, 0.15) is 6.61 Å². The Balaban J connectivity index is 1.20. The molecule has 3 heterocycles. The number of carbonyl (C=O) groups is 3. The monoisotopic (exact) mass is 658 g/mol. The summed E-state index contributed by atoms with van der Waals surface area (Å²) in [6.45, 7) is 2.10. The maximum atomic E-state index is 14.9. The van der Waals surface area contributed by atoms with E-state index >= 15 is 0 Å². The first-order valence-corrected chi connectivity index (χ1v) is 14.8. The number of rotatable bonds is 8. The molecule has 0 aliphatic carbocycles. The third kappa shape index (κ3) is 6.95. The molecule has 13 nitrogen and oxygen atoms in total. The van der Waals surface area contributed by atoms with Crippen LogP contribution in [0.4, 0.5) is 19.3 Å². The molecule has 3 aromatic rings. The molecule has 2 aromatic carbocycles. The lowest BCUT2D eigenvalue weighted by Crippen LogP contribution is -2.56. The highest BCUT2D eigenvalue weighted by molar-refractivity contribution is 6.34. The number of amides is 4. The molecule has 2 saturated heterocycles. The van der Waals surface area contributed by atoms with Gasteiger partial charge >= 0.3 is 6.03 Å². The second-order valence-electron chi connectivity index (χ2n) is 10.7. The zero-order chi connectivity index (χ0) is 33.0. The smallest absolute Gasteiger partial charge is 0.317 e. The van der Waals surface area contributed by atoms with Gasteiger partial charge in [-0.2, -0.15) is 4.39 Å². The fourth-order valence-corrected chi connectivity index (χ4v) is 5.47. The molecule has 2 fully saturated rings. The highest BCUT2D eigenvalue weighted by Gasteiger charge is 2.31. The van der Waals surface area contributed by atoms with Gasteiger partial charge in [-0.1, -0.05) is 11.6 Å². The van der Waals surface area contributed by atoms with Crippen LogP contribution in [0.15, 0.2) is 41.5 Å². The molecule has 0 bridgehead atoms. The summed E-state index contributed by atoms with van der Waals surface area (Å²) in [5.41, 5.74) is 0.563. The summed E-state index contributed by atoms with van der Waals surface area (Å²) in [7, 11) is 3.02. The molecule has 2 aliphatic heterocycles. The van der Waals surface area contributed by atoms with E-state index in [1.165, 1.54) is 61.4 Å². The first kappa shape index (κ1) is 32.8. The highest BCUT2D eigenvalue weighted by atomic mass is 35.5. The van der Waals surface area contributed by atoms with Gasteiger partial charge in [-0.05, 0) is 30.3 Å². The fraction of sp³-hybridized carbons (Fsp3) is 0.367. The van der Waals surface area contributed by atoms with Gasteiger partial charge < -0.3 is 40.2 Å². The number of urea groups is 1. The standard InChI is InChI=1S/C30H33ClF2N8O5/c1-34-7-12-46-24-6-5-19(25(32)26(24)33)22-15-36-27(39(22)2)28(43)37-17-3-4-18(20(31)13-17)29(44)40-8-10-41(11-9-40)30(45)38-21-14-35-16-23(21)42/h3-7,13,15,21,23,35,42H,8-12,14,16H2,1-2H3,(H,37,43)(H,38,45)/b34-7-/t21-,23-/m0/s1. The van der Waals surface area contributed by atoms with Crippen molar-refractivity contribution in [2.45, 2.75) is 12.1 Å². The molecule has 46 heavy (non-hydrogen) atoms. The zero-order valence-electron chi connectivity index (χ0n) is 25.1. The molecule has 0 saturated carbocycles. The van der Waals surface area contributed by atoms with E-state index in [0.717, 1.165) is 0 Å². The van der Waals surface area contributed by atoms with Crippen LogP contribution in [0.25, 0.3) is 11.3 Å². The van der Waals surface area contributed by atoms with E-state index in [2.05, 4.69) is 25.9 Å². The van der Waals surface area contributed by atoms with Crippen LogP contribution in [-0.2, 0) is 7.05 Å². The number of hydrogen-bond acceptors (Lipinski definition) is 8. The predicted molar refractivity (Wildman–Crippen MR) is 167 cm³/mol. The van der Waals surface area contributed by atoms with Crippen LogP contribution in [0.2, 0.25) is 5.02 Å². The van der Waals surface area contributed by atoms with Crippen LogP contribution in [0, 0.1) is 11.6 Å². The van der Waals surface area contributed by atoms with Crippen molar-refractivity contribution in [2.75, 3.05) is 58.2 Å². The van der Waals surface area contributed by atoms with Gasteiger partial charge in [-0.15, -0.1) is 0 Å². The van der Waals surface area contributed by atoms with E-state index in [1.54, 1.807) is 9.80 Å². The molecule has 4 N–H and O–H groups in total. The summed E-state index contributed by atoms with van der Waals surface area (Å²) in [4.78, 5) is 49.8. The Morgan fingerprint density at radius 3 is 2.54 bits per heavy atom. The second-order valence-corrected chi connectivity index (χ2v) is 11.1. The largest absolute Gasteiger partial charge is 0.485 e. The number of ether oxygens (including phenoxy) is 1. The van der Waals surface area contributed by atoms with Crippen molar-refractivity contribution >= 4 is 41.3 Å². The Kier molecular flexibility index (Phi) is 10.1. The van der Waals surface area contributed by atoms with Gasteiger partial charge in [0.25, 0.3) is 11.8 Å². The van der Waals surface area contributed by atoms with E-state index in [-0.39, 0.29) is 63.7 Å². The summed E-state index contributed by atoms with van der Waals surface area (Å²) in [6, 6.07) is 6.40. The Hall–Kier alpha value is -4.60. The number of anilines is 1. The number of nitrogens with one attached hydrogen (secondary N) is 3. The SMILES string of the molecule is C/N=C\COc1ccc(-c2cnc(C(=O)Nc3ccc(C(=O)N4CCN(C(=O)N[C@H]5CNC[C@@H]5O)CC4)c(Cl)c3)n2C)c(F)c1F. The number of imidazole rings is 1. The zero-order valence-corrected chi connectivity index (χ0v) is 25.9. The number of aliphatic hydroxyl groups is 1. The summed E-state index contributed by atoms with van der Waals surface area (Å²) in [5, 5.41) is 18.5. The molecular weight excluding hydrogens is 626 g/mol. The lowest BCUT2D eigenvalue weighted by atomic mass is 10.1. The Morgan fingerprint density at radius 1 is 1.13 bits per heavy atom. The quantitative estimate of drug-likeness (QED) is 0.271. The average Bonchev–Trinajstić information content (AvgIpc) is 3.63. The van der Waals surface area contributed by atoms with Crippen molar-refractivity contribution in [3.05, 3.63) is 64.6 Å². The Morgan fingerprint density at radius 2 is 1.87 bits per heavy atom. The summed E-state index contributed by atoms with van der Waals surface area (Å²) < 4.78 is 36.0. The van der Waals surface area contributed by atoms with Gasteiger partial charge in [0.05, 0.1) is 34.6 Å². The molecule has 0 spiro atoms. The number of halogens is 3. The number of nitrogens with zero attached hydrogens (tertiary/aromatic N) is 5. The van der Waals surface area contributed by atoms with Crippen LogP contribution in [0.3, 0.4) is 0 Å². The lowest BCUT2D eigenvalue weighted by Gasteiger charge is -2.35.